The zero-order chi connectivity index (χ0) is 17.6. The quantitative estimate of drug-likeness (QED) is 0.848. The highest BCUT2D eigenvalue weighted by molar-refractivity contribution is 5.97. The van der Waals surface area contributed by atoms with Crippen molar-refractivity contribution in [2.75, 3.05) is 39.3 Å². The van der Waals surface area contributed by atoms with Crippen molar-refractivity contribution < 1.29 is 14.3 Å². The Morgan fingerprint density at radius 3 is 2.64 bits per heavy atom. The summed E-state index contributed by atoms with van der Waals surface area (Å²) < 4.78 is 5.40. The van der Waals surface area contributed by atoms with Gasteiger partial charge >= 0.3 is 0 Å². The Bertz CT molecular complexity index is 614. The molecule has 2 fully saturated rings. The van der Waals surface area contributed by atoms with E-state index in [1.165, 1.54) is 32.4 Å². The minimum atomic E-state index is -0.551. The summed E-state index contributed by atoms with van der Waals surface area (Å²) >= 11 is 0. The Morgan fingerprint density at radius 2 is 1.88 bits per heavy atom. The molecular formula is C19H27N3O3. The van der Waals surface area contributed by atoms with Gasteiger partial charge < -0.3 is 20.3 Å². The number of rotatable bonds is 6. The second kappa shape index (κ2) is 8.34. The van der Waals surface area contributed by atoms with Gasteiger partial charge in [0.1, 0.15) is 5.75 Å². The van der Waals surface area contributed by atoms with Crippen molar-refractivity contribution >= 4 is 11.8 Å². The van der Waals surface area contributed by atoms with Gasteiger partial charge in [-0.3, -0.25) is 9.59 Å². The standard InChI is InChI=1S/C19H27N3O3/c20-18(23)14-25-17-7-3-2-6-16(17)19(24)22-11-8-15(13-22)12-21-9-4-1-5-10-21/h2-3,6-7,15H,1,4-5,8-14H2,(H2,20,23). The largest absolute Gasteiger partial charge is 0.483 e. The van der Waals surface area contributed by atoms with Gasteiger partial charge in [-0.15, -0.1) is 0 Å². The van der Waals surface area contributed by atoms with Gasteiger partial charge in [0.2, 0.25) is 0 Å². The topological polar surface area (TPSA) is 75.9 Å². The van der Waals surface area contributed by atoms with E-state index < -0.39 is 5.91 Å². The van der Waals surface area contributed by atoms with Crippen LogP contribution in [0.15, 0.2) is 24.3 Å². The number of ether oxygens (including phenoxy) is 1. The van der Waals surface area contributed by atoms with E-state index in [0.717, 1.165) is 26.1 Å². The second-order valence-electron chi connectivity index (χ2n) is 7.02. The number of hydrogen-bond donors (Lipinski definition) is 1. The summed E-state index contributed by atoms with van der Waals surface area (Å²) in [5.74, 6) is 0.387. The van der Waals surface area contributed by atoms with Crippen molar-refractivity contribution in [1.82, 2.24) is 9.80 Å². The van der Waals surface area contributed by atoms with Gasteiger partial charge in [0.25, 0.3) is 11.8 Å². The van der Waals surface area contributed by atoms with Crippen LogP contribution in [0.1, 0.15) is 36.0 Å². The van der Waals surface area contributed by atoms with Crippen molar-refractivity contribution in [3.8, 4) is 5.75 Å². The van der Waals surface area contributed by atoms with E-state index in [1.807, 2.05) is 11.0 Å². The molecule has 2 saturated heterocycles. The van der Waals surface area contributed by atoms with Crippen LogP contribution in [0.4, 0.5) is 0 Å². The number of para-hydroxylation sites is 1. The van der Waals surface area contributed by atoms with Crippen LogP contribution in [-0.2, 0) is 4.79 Å². The molecule has 1 aromatic rings. The van der Waals surface area contributed by atoms with Crippen LogP contribution < -0.4 is 10.5 Å². The number of amides is 2. The minimum Gasteiger partial charge on any atom is -0.483 e. The minimum absolute atomic E-state index is 0.0267. The monoisotopic (exact) mass is 345 g/mol. The molecule has 0 spiro atoms. The van der Waals surface area contributed by atoms with E-state index in [2.05, 4.69) is 4.90 Å². The molecule has 0 aliphatic carbocycles. The predicted molar refractivity (Wildman–Crippen MR) is 95.4 cm³/mol. The molecule has 2 heterocycles. The number of nitrogens with two attached hydrogens (primary N) is 1. The summed E-state index contributed by atoms with van der Waals surface area (Å²) in [4.78, 5) is 28.2. The highest BCUT2D eigenvalue weighted by Crippen LogP contribution is 2.25. The number of piperidine rings is 1. The van der Waals surface area contributed by atoms with Crippen LogP contribution in [0.25, 0.3) is 0 Å². The molecule has 2 aliphatic heterocycles. The van der Waals surface area contributed by atoms with E-state index in [-0.39, 0.29) is 12.5 Å². The fourth-order valence-corrected chi connectivity index (χ4v) is 3.76. The lowest BCUT2D eigenvalue weighted by Crippen LogP contribution is -2.36. The number of hydrogen-bond acceptors (Lipinski definition) is 4. The summed E-state index contributed by atoms with van der Waals surface area (Å²) in [5.41, 5.74) is 5.63. The molecule has 1 aromatic carbocycles. The Labute approximate surface area is 148 Å². The first-order chi connectivity index (χ1) is 12.1. The first-order valence-corrected chi connectivity index (χ1v) is 9.15. The SMILES string of the molecule is NC(=O)COc1ccccc1C(=O)N1CCC(CN2CCCCC2)C1. The molecule has 25 heavy (non-hydrogen) atoms. The maximum absolute atomic E-state index is 12.9. The average molecular weight is 345 g/mol. The summed E-state index contributed by atoms with van der Waals surface area (Å²) in [6.45, 7) is 4.81. The lowest BCUT2D eigenvalue weighted by molar-refractivity contribution is -0.119. The normalized spacial score (nSPS) is 21.3. The molecule has 6 heteroatoms. The van der Waals surface area contributed by atoms with Crippen molar-refractivity contribution in [3.63, 3.8) is 0 Å². The van der Waals surface area contributed by atoms with E-state index in [4.69, 9.17) is 10.5 Å². The van der Waals surface area contributed by atoms with E-state index in [0.29, 0.717) is 17.2 Å². The molecule has 0 bridgehead atoms. The number of nitrogens with zero attached hydrogens (tertiary/aromatic N) is 2. The molecule has 0 aromatic heterocycles. The number of likely N-dealkylation sites (tertiary alicyclic amines) is 2. The Hall–Kier alpha value is -2.08. The molecule has 1 atom stereocenters. The molecule has 2 aliphatic rings. The van der Waals surface area contributed by atoms with Crippen molar-refractivity contribution in [2.24, 2.45) is 11.7 Å². The van der Waals surface area contributed by atoms with Crippen molar-refractivity contribution in [3.05, 3.63) is 29.8 Å². The van der Waals surface area contributed by atoms with Crippen LogP contribution in [-0.4, -0.2) is 60.9 Å². The maximum Gasteiger partial charge on any atom is 0.257 e. The van der Waals surface area contributed by atoms with Crippen LogP contribution in [0.5, 0.6) is 5.75 Å². The van der Waals surface area contributed by atoms with Gasteiger partial charge in [-0.05, 0) is 50.4 Å². The first kappa shape index (κ1) is 17.7. The Balaban J connectivity index is 1.59. The molecule has 2 N–H and O–H groups in total. The van der Waals surface area contributed by atoms with Crippen LogP contribution >= 0.6 is 0 Å². The number of benzene rings is 1. The van der Waals surface area contributed by atoms with E-state index >= 15 is 0 Å². The van der Waals surface area contributed by atoms with Gasteiger partial charge in [0, 0.05) is 19.6 Å². The molecule has 136 valence electrons. The fraction of sp³-hybridized carbons (Fsp3) is 0.579. The smallest absolute Gasteiger partial charge is 0.257 e. The summed E-state index contributed by atoms with van der Waals surface area (Å²) in [6, 6.07) is 7.05. The van der Waals surface area contributed by atoms with E-state index in [9.17, 15) is 9.59 Å². The second-order valence-corrected chi connectivity index (χ2v) is 7.02. The third-order valence-electron chi connectivity index (χ3n) is 5.03. The molecule has 3 rings (SSSR count). The number of carbonyl (C=O) groups excluding carboxylic acids is 2. The van der Waals surface area contributed by atoms with Gasteiger partial charge in [0.05, 0.1) is 5.56 Å². The fourth-order valence-electron chi connectivity index (χ4n) is 3.76. The highest BCUT2D eigenvalue weighted by Gasteiger charge is 2.29. The summed E-state index contributed by atoms with van der Waals surface area (Å²) in [6.07, 6.45) is 4.97. The maximum atomic E-state index is 12.9. The zero-order valence-electron chi connectivity index (χ0n) is 14.7. The Morgan fingerprint density at radius 1 is 1.12 bits per heavy atom. The van der Waals surface area contributed by atoms with E-state index in [1.54, 1.807) is 18.2 Å². The summed E-state index contributed by atoms with van der Waals surface area (Å²) in [7, 11) is 0. The van der Waals surface area contributed by atoms with Crippen molar-refractivity contribution in [2.45, 2.75) is 25.7 Å². The first-order valence-electron chi connectivity index (χ1n) is 9.15. The number of carbonyl (C=O) groups is 2. The molecule has 1 unspecified atom stereocenters. The molecule has 2 amide bonds. The number of primary amides is 1. The lowest BCUT2D eigenvalue weighted by atomic mass is 10.1. The van der Waals surface area contributed by atoms with Crippen LogP contribution in [0, 0.1) is 5.92 Å². The third kappa shape index (κ3) is 4.72. The van der Waals surface area contributed by atoms with Gasteiger partial charge in [0.15, 0.2) is 6.61 Å². The van der Waals surface area contributed by atoms with Gasteiger partial charge in [-0.25, -0.2) is 0 Å². The van der Waals surface area contributed by atoms with Crippen molar-refractivity contribution in [1.29, 1.82) is 0 Å². The molecule has 6 nitrogen and oxygen atoms in total. The lowest BCUT2D eigenvalue weighted by Gasteiger charge is -2.29. The molecule has 0 saturated carbocycles. The van der Waals surface area contributed by atoms with Gasteiger partial charge in [-0.2, -0.15) is 0 Å². The molecule has 0 radical (unpaired) electrons. The summed E-state index contributed by atoms with van der Waals surface area (Å²) in [5, 5.41) is 0. The molecular weight excluding hydrogens is 318 g/mol. The third-order valence-corrected chi connectivity index (χ3v) is 5.03. The highest BCUT2D eigenvalue weighted by atomic mass is 16.5. The Kier molecular flexibility index (Phi) is 5.91. The van der Waals surface area contributed by atoms with Crippen LogP contribution in [0.2, 0.25) is 0 Å². The predicted octanol–water partition coefficient (Wildman–Crippen LogP) is 1.50. The van der Waals surface area contributed by atoms with Crippen LogP contribution in [0.3, 0.4) is 0 Å². The zero-order valence-corrected chi connectivity index (χ0v) is 14.7. The average Bonchev–Trinajstić information content (AvgIpc) is 3.09. The van der Waals surface area contributed by atoms with Gasteiger partial charge in [-0.1, -0.05) is 18.6 Å².